The maximum absolute atomic E-state index is 12.1. The van der Waals surface area contributed by atoms with Crippen molar-refractivity contribution < 1.29 is 4.74 Å². The third kappa shape index (κ3) is 3.75. The fourth-order valence-electron chi connectivity index (χ4n) is 4.38. The van der Waals surface area contributed by atoms with Crippen LogP contribution in [0, 0.1) is 5.92 Å². The van der Waals surface area contributed by atoms with Crippen LogP contribution >= 0.6 is 0 Å². The quantitative estimate of drug-likeness (QED) is 0.844. The van der Waals surface area contributed by atoms with Crippen molar-refractivity contribution in [2.24, 2.45) is 13.0 Å². The van der Waals surface area contributed by atoms with Crippen LogP contribution < -0.4 is 5.69 Å². The average Bonchev–Trinajstić information content (AvgIpc) is 2.82. The molecule has 1 atom stereocenters. The summed E-state index contributed by atoms with van der Waals surface area (Å²) in [6, 6.07) is 0. The summed E-state index contributed by atoms with van der Waals surface area (Å²) in [5.74, 6) is 2.15. The van der Waals surface area contributed by atoms with Crippen molar-refractivity contribution in [2.45, 2.75) is 64.5 Å². The van der Waals surface area contributed by atoms with Gasteiger partial charge in [0.15, 0.2) is 0 Å². The first kappa shape index (κ1) is 17.7. The molecule has 6 nitrogen and oxygen atoms in total. The van der Waals surface area contributed by atoms with Crippen molar-refractivity contribution in [1.29, 1.82) is 0 Å². The van der Waals surface area contributed by atoms with Crippen LogP contribution in [0.5, 0.6) is 0 Å². The molecule has 1 unspecified atom stereocenters. The van der Waals surface area contributed by atoms with Crippen molar-refractivity contribution in [3.63, 3.8) is 0 Å². The number of likely N-dealkylation sites (tertiary alicyclic amines) is 1. The van der Waals surface area contributed by atoms with Gasteiger partial charge in [-0.05, 0) is 65.5 Å². The SMILES string of the molecule is CCn1c(C2CCN(CC3CCOC(C)(C)C3)CC2)nn(C)c1=O. The van der Waals surface area contributed by atoms with E-state index in [1.54, 1.807) is 7.05 Å². The molecule has 6 heteroatoms. The molecule has 136 valence electrons. The highest BCUT2D eigenvalue weighted by molar-refractivity contribution is 5.00. The van der Waals surface area contributed by atoms with Crippen LogP contribution in [0.15, 0.2) is 4.79 Å². The molecular weight excluding hydrogens is 304 g/mol. The summed E-state index contributed by atoms with van der Waals surface area (Å²) < 4.78 is 9.15. The lowest BCUT2D eigenvalue weighted by Crippen LogP contribution is -2.42. The number of ether oxygens (including phenoxy) is 1. The molecule has 2 aliphatic heterocycles. The minimum absolute atomic E-state index is 0.0133. The first-order valence-electron chi connectivity index (χ1n) is 9.39. The van der Waals surface area contributed by atoms with Gasteiger partial charge in [-0.15, -0.1) is 0 Å². The van der Waals surface area contributed by atoms with E-state index in [0.717, 1.165) is 50.7 Å². The monoisotopic (exact) mass is 336 g/mol. The average molecular weight is 336 g/mol. The molecule has 0 amide bonds. The lowest BCUT2D eigenvalue weighted by atomic mass is 9.87. The van der Waals surface area contributed by atoms with Gasteiger partial charge in [0, 0.05) is 32.7 Å². The van der Waals surface area contributed by atoms with E-state index < -0.39 is 0 Å². The van der Waals surface area contributed by atoms with Gasteiger partial charge in [-0.3, -0.25) is 4.57 Å². The molecule has 0 saturated carbocycles. The standard InChI is InChI=1S/C18H32N4O2/c1-5-22-16(19-20(4)17(22)23)15-6-9-21(10-7-15)13-14-8-11-24-18(2,3)12-14/h14-15H,5-13H2,1-4H3. The Morgan fingerprint density at radius 3 is 2.58 bits per heavy atom. The molecular formula is C18H32N4O2. The van der Waals surface area contributed by atoms with Crippen molar-refractivity contribution >= 4 is 0 Å². The second kappa shape index (κ2) is 7.00. The Kier molecular flexibility index (Phi) is 5.16. The summed E-state index contributed by atoms with van der Waals surface area (Å²) in [6.45, 7) is 11.4. The Labute approximate surface area is 144 Å². The zero-order valence-electron chi connectivity index (χ0n) is 15.6. The molecule has 3 rings (SSSR count). The molecule has 2 fully saturated rings. The van der Waals surface area contributed by atoms with Gasteiger partial charge in [0.25, 0.3) is 0 Å². The van der Waals surface area contributed by atoms with Gasteiger partial charge in [-0.1, -0.05) is 0 Å². The van der Waals surface area contributed by atoms with Crippen LogP contribution in [-0.4, -0.2) is 51.1 Å². The zero-order valence-corrected chi connectivity index (χ0v) is 15.6. The molecule has 3 heterocycles. The third-order valence-corrected chi connectivity index (χ3v) is 5.62. The van der Waals surface area contributed by atoms with Gasteiger partial charge >= 0.3 is 5.69 Å². The van der Waals surface area contributed by atoms with Crippen LogP contribution in [-0.2, 0) is 18.3 Å². The van der Waals surface area contributed by atoms with E-state index in [2.05, 4.69) is 23.8 Å². The fraction of sp³-hybridized carbons (Fsp3) is 0.889. The van der Waals surface area contributed by atoms with Gasteiger partial charge < -0.3 is 9.64 Å². The number of nitrogens with zero attached hydrogens (tertiary/aromatic N) is 4. The predicted molar refractivity (Wildman–Crippen MR) is 94.3 cm³/mol. The molecule has 0 aromatic carbocycles. The minimum atomic E-state index is 0.0133. The van der Waals surface area contributed by atoms with Crippen LogP contribution in [0.4, 0.5) is 0 Å². The highest BCUT2D eigenvalue weighted by Gasteiger charge is 2.31. The predicted octanol–water partition coefficient (Wildman–Crippen LogP) is 1.99. The summed E-state index contributed by atoms with van der Waals surface area (Å²) in [7, 11) is 1.75. The van der Waals surface area contributed by atoms with Crippen molar-refractivity contribution in [3.8, 4) is 0 Å². The largest absolute Gasteiger partial charge is 0.376 e. The number of rotatable bonds is 4. The first-order chi connectivity index (χ1) is 11.4. The molecule has 0 aliphatic carbocycles. The van der Waals surface area contributed by atoms with E-state index in [1.807, 2.05) is 11.5 Å². The fourth-order valence-corrected chi connectivity index (χ4v) is 4.38. The van der Waals surface area contributed by atoms with Crippen LogP contribution in [0.1, 0.15) is 58.2 Å². The summed E-state index contributed by atoms with van der Waals surface area (Å²) in [6.07, 6.45) is 4.54. The lowest BCUT2D eigenvalue weighted by Gasteiger charge is -2.39. The molecule has 0 N–H and O–H groups in total. The number of aryl methyl sites for hydroxylation is 1. The van der Waals surface area contributed by atoms with Crippen molar-refractivity contribution in [3.05, 3.63) is 16.3 Å². The van der Waals surface area contributed by atoms with Crippen molar-refractivity contribution in [2.75, 3.05) is 26.2 Å². The molecule has 24 heavy (non-hydrogen) atoms. The van der Waals surface area contributed by atoms with E-state index in [4.69, 9.17) is 4.74 Å². The smallest absolute Gasteiger partial charge is 0.345 e. The molecule has 0 radical (unpaired) electrons. The van der Waals surface area contributed by atoms with Crippen LogP contribution in [0.25, 0.3) is 0 Å². The number of aromatic nitrogens is 3. The third-order valence-electron chi connectivity index (χ3n) is 5.62. The van der Waals surface area contributed by atoms with E-state index in [9.17, 15) is 4.79 Å². The number of piperidine rings is 1. The van der Waals surface area contributed by atoms with E-state index in [0.29, 0.717) is 12.5 Å². The topological polar surface area (TPSA) is 52.3 Å². The summed E-state index contributed by atoms with van der Waals surface area (Å²) in [5, 5.41) is 4.50. The maximum Gasteiger partial charge on any atom is 0.345 e. The Morgan fingerprint density at radius 2 is 1.96 bits per heavy atom. The van der Waals surface area contributed by atoms with Gasteiger partial charge in [0.1, 0.15) is 5.82 Å². The van der Waals surface area contributed by atoms with Gasteiger partial charge in [-0.25, -0.2) is 9.48 Å². The molecule has 1 aromatic rings. The normalized spacial score (nSPS) is 25.9. The van der Waals surface area contributed by atoms with E-state index in [1.165, 1.54) is 17.6 Å². The van der Waals surface area contributed by atoms with Gasteiger partial charge in [-0.2, -0.15) is 5.10 Å². The molecule has 2 aliphatic rings. The van der Waals surface area contributed by atoms with Crippen molar-refractivity contribution in [1.82, 2.24) is 19.2 Å². The minimum Gasteiger partial charge on any atom is -0.376 e. The van der Waals surface area contributed by atoms with E-state index >= 15 is 0 Å². The summed E-state index contributed by atoms with van der Waals surface area (Å²) in [4.78, 5) is 14.7. The zero-order chi connectivity index (χ0) is 17.3. The Hall–Kier alpha value is -1.14. The van der Waals surface area contributed by atoms with Gasteiger partial charge in [0.2, 0.25) is 0 Å². The van der Waals surface area contributed by atoms with E-state index in [-0.39, 0.29) is 11.3 Å². The molecule has 0 spiro atoms. The second-order valence-electron chi connectivity index (χ2n) is 8.05. The highest BCUT2D eigenvalue weighted by atomic mass is 16.5. The molecule has 1 aromatic heterocycles. The van der Waals surface area contributed by atoms with Crippen LogP contribution in [0.2, 0.25) is 0 Å². The second-order valence-corrected chi connectivity index (χ2v) is 8.05. The highest BCUT2D eigenvalue weighted by Crippen LogP contribution is 2.31. The molecule has 0 bridgehead atoms. The first-order valence-corrected chi connectivity index (χ1v) is 9.39. The maximum atomic E-state index is 12.1. The number of hydrogen-bond donors (Lipinski definition) is 0. The Balaban J connectivity index is 1.56. The summed E-state index contributed by atoms with van der Waals surface area (Å²) >= 11 is 0. The Morgan fingerprint density at radius 1 is 1.25 bits per heavy atom. The lowest BCUT2D eigenvalue weighted by molar-refractivity contribution is -0.0775. The summed E-state index contributed by atoms with van der Waals surface area (Å²) in [5.41, 5.74) is 0.0474. The van der Waals surface area contributed by atoms with Crippen LogP contribution in [0.3, 0.4) is 0 Å². The molecule has 2 saturated heterocycles. The number of hydrogen-bond acceptors (Lipinski definition) is 4. The Bertz CT molecular complexity index is 611. The van der Waals surface area contributed by atoms with Gasteiger partial charge in [0.05, 0.1) is 5.60 Å².